The van der Waals surface area contributed by atoms with E-state index in [2.05, 4.69) is 20.4 Å². The highest BCUT2D eigenvalue weighted by atomic mass is 35.5. The molecule has 1 N–H and O–H groups in total. The number of aromatic nitrogens is 2. The number of amides is 1. The molecule has 1 fully saturated rings. The number of hydrogen-bond donors (Lipinski definition) is 1. The van der Waals surface area contributed by atoms with E-state index < -0.39 is 0 Å². The third kappa shape index (κ3) is 6.80. The lowest BCUT2D eigenvalue weighted by molar-refractivity contribution is -0.118. The van der Waals surface area contributed by atoms with Gasteiger partial charge in [0.25, 0.3) is 5.22 Å². The van der Waals surface area contributed by atoms with E-state index in [4.69, 9.17) is 20.8 Å². The molecule has 1 amide bonds. The molecular weight excluding hydrogens is 388 g/mol. The van der Waals surface area contributed by atoms with Gasteiger partial charge < -0.3 is 14.5 Å². The fourth-order valence-electron chi connectivity index (χ4n) is 2.67. The van der Waals surface area contributed by atoms with E-state index in [1.54, 1.807) is 12.1 Å². The standard InChI is InChI=1S/C18H23ClN4O3S/c19-15-5-3-14(4-6-15)17-21-22-18(26-17)27-13-16(24)20-7-1-2-8-23-9-11-25-12-10-23/h3-6H,1-2,7-13H2,(H,20,24). The number of rotatable bonds is 9. The number of benzene rings is 1. The molecule has 146 valence electrons. The normalized spacial score (nSPS) is 15.0. The Balaban J connectivity index is 1.30. The van der Waals surface area contributed by atoms with Crippen LogP contribution in [0.5, 0.6) is 0 Å². The van der Waals surface area contributed by atoms with Crippen LogP contribution in [-0.2, 0) is 9.53 Å². The molecule has 0 unspecified atom stereocenters. The van der Waals surface area contributed by atoms with Gasteiger partial charge in [-0.3, -0.25) is 9.69 Å². The Morgan fingerprint density at radius 3 is 2.74 bits per heavy atom. The Morgan fingerprint density at radius 1 is 1.19 bits per heavy atom. The highest BCUT2D eigenvalue weighted by Crippen LogP contribution is 2.24. The van der Waals surface area contributed by atoms with Crippen molar-refractivity contribution in [2.45, 2.75) is 18.1 Å². The number of morpholine rings is 1. The van der Waals surface area contributed by atoms with Gasteiger partial charge in [0.1, 0.15) is 0 Å². The van der Waals surface area contributed by atoms with E-state index in [0.29, 0.717) is 22.7 Å². The molecule has 2 heterocycles. The summed E-state index contributed by atoms with van der Waals surface area (Å²) in [5, 5.41) is 11.9. The van der Waals surface area contributed by atoms with Gasteiger partial charge in [-0.15, -0.1) is 10.2 Å². The van der Waals surface area contributed by atoms with E-state index >= 15 is 0 Å². The first-order valence-corrected chi connectivity index (χ1v) is 10.4. The highest BCUT2D eigenvalue weighted by Gasteiger charge is 2.12. The van der Waals surface area contributed by atoms with Gasteiger partial charge in [0.05, 0.1) is 19.0 Å². The molecule has 1 aromatic heterocycles. The quantitative estimate of drug-likeness (QED) is 0.502. The summed E-state index contributed by atoms with van der Waals surface area (Å²) in [5.41, 5.74) is 0.795. The number of carbonyl (C=O) groups is 1. The van der Waals surface area contributed by atoms with Gasteiger partial charge in [-0.1, -0.05) is 23.4 Å². The van der Waals surface area contributed by atoms with Crippen molar-refractivity contribution in [3.8, 4) is 11.5 Å². The minimum atomic E-state index is -0.0300. The van der Waals surface area contributed by atoms with Crippen LogP contribution in [0.2, 0.25) is 5.02 Å². The molecule has 0 spiro atoms. The Morgan fingerprint density at radius 2 is 1.96 bits per heavy atom. The first-order chi connectivity index (χ1) is 13.2. The van der Waals surface area contributed by atoms with Crippen LogP contribution in [0.1, 0.15) is 12.8 Å². The van der Waals surface area contributed by atoms with Crippen molar-refractivity contribution in [1.82, 2.24) is 20.4 Å². The van der Waals surface area contributed by atoms with Gasteiger partial charge in [-0.25, -0.2) is 0 Å². The molecule has 2 aromatic rings. The molecule has 27 heavy (non-hydrogen) atoms. The molecule has 0 bridgehead atoms. The van der Waals surface area contributed by atoms with Crippen molar-refractivity contribution in [2.24, 2.45) is 0 Å². The first kappa shape index (κ1) is 20.1. The average Bonchev–Trinajstić information content (AvgIpc) is 3.16. The average molecular weight is 411 g/mol. The third-order valence-electron chi connectivity index (χ3n) is 4.15. The molecule has 1 saturated heterocycles. The maximum absolute atomic E-state index is 11.9. The van der Waals surface area contributed by atoms with Gasteiger partial charge in [-0.2, -0.15) is 0 Å². The van der Waals surface area contributed by atoms with Crippen molar-refractivity contribution in [3.05, 3.63) is 29.3 Å². The Hall–Kier alpha value is -1.61. The summed E-state index contributed by atoms with van der Waals surface area (Å²) in [6, 6.07) is 7.16. The molecule has 7 nitrogen and oxygen atoms in total. The number of thioether (sulfide) groups is 1. The van der Waals surface area contributed by atoms with E-state index in [1.165, 1.54) is 11.8 Å². The Labute approximate surface area is 167 Å². The number of halogens is 1. The minimum absolute atomic E-state index is 0.0300. The molecular formula is C18H23ClN4O3S. The zero-order chi connectivity index (χ0) is 18.9. The van der Waals surface area contributed by atoms with E-state index in [0.717, 1.165) is 51.3 Å². The second-order valence-corrected chi connectivity index (χ2v) is 7.54. The topological polar surface area (TPSA) is 80.5 Å². The highest BCUT2D eigenvalue weighted by molar-refractivity contribution is 7.99. The lowest BCUT2D eigenvalue weighted by atomic mass is 10.2. The van der Waals surface area contributed by atoms with Crippen LogP contribution < -0.4 is 5.32 Å². The number of carbonyl (C=O) groups excluding carboxylic acids is 1. The van der Waals surface area contributed by atoms with Crippen LogP contribution in [-0.4, -0.2) is 66.2 Å². The van der Waals surface area contributed by atoms with Crippen LogP contribution in [0, 0.1) is 0 Å². The van der Waals surface area contributed by atoms with Crippen molar-refractivity contribution in [3.63, 3.8) is 0 Å². The Bertz CT molecular complexity index is 720. The monoisotopic (exact) mass is 410 g/mol. The predicted octanol–water partition coefficient (Wildman–Crippen LogP) is 2.71. The lowest BCUT2D eigenvalue weighted by Gasteiger charge is -2.26. The number of nitrogens with one attached hydrogen (secondary N) is 1. The van der Waals surface area contributed by atoms with E-state index in [1.807, 2.05) is 12.1 Å². The number of hydrogen-bond acceptors (Lipinski definition) is 7. The summed E-state index contributed by atoms with van der Waals surface area (Å²) in [7, 11) is 0. The Kier molecular flexibility index (Phi) is 7.94. The summed E-state index contributed by atoms with van der Waals surface area (Å²) in [6.07, 6.45) is 2.04. The van der Waals surface area contributed by atoms with Gasteiger partial charge in [0, 0.05) is 30.2 Å². The van der Waals surface area contributed by atoms with E-state index in [-0.39, 0.29) is 11.7 Å². The minimum Gasteiger partial charge on any atom is -0.411 e. The second kappa shape index (κ2) is 10.7. The van der Waals surface area contributed by atoms with E-state index in [9.17, 15) is 4.79 Å². The molecule has 9 heteroatoms. The van der Waals surface area contributed by atoms with Crippen molar-refractivity contribution < 1.29 is 13.9 Å². The summed E-state index contributed by atoms with van der Waals surface area (Å²) in [6.45, 7) is 5.40. The van der Waals surface area contributed by atoms with Gasteiger partial charge in [0.2, 0.25) is 11.8 Å². The fourth-order valence-corrected chi connectivity index (χ4v) is 3.39. The van der Waals surface area contributed by atoms with Crippen LogP contribution in [0.3, 0.4) is 0 Å². The zero-order valence-corrected chi connectivity index (χ0v) is 16.6. The molecule has 0 radical (unpaired) electrons. The van der Waals surface area contributed by atoms with Crippen molar-refractivity contribution >= 4 is 29.3 Å². The number of nitrogens with zero attached hydrogens (tertiary/aromatic N) is 3. The van der Waals surface area contributed by atoms with Crippen molar-refractivity contribution in [1.29, 1.82) is 0 Å². The van der Waals surface area contributed by atoms with Crippen molar-refractivity contribution in [2.75, 3.05) is 45.1 Å². The molecule has 0 aliphatic carbocycles. The summed E-state index contributed by atoms with van der Waals surface area (Å²) >= 11 is 7.10. The summed E-state index contributed by atoms with van der Waals surface area (Å²) in [5.74, 6) is 0.640. The number of ether oxygens (including phenoxy) is 1. The first-order valence-electron chi connectivity index (χ1n) is 9.00. The van der Waals surface area contributed by atoms with Gasteiger partial charge in [-0.05, 0) is 43.7 Å². The van der Waals surface area contributed by atoms with Crippen LogP contribution in [0.15, 0.2) is 33.9 Å². The largest absolute Gasteiger partial charge is 0.411 e. The zero-order valence-electron chi connectivity index (χ0n) is 15.0. The van der Waals surface area contributed by atoms with Crippen LogP contribution >= 0.6 is 23.4 Å². The van der Waals surface area contributed by atoms with Crippen LogP contribution in [0.4, 0.5) is 0 Å². The lowest BCUT2D eigenvalue weighted by Crippen LogP contribution is -2.37. The second-order valence-electron chi connectivity index (χ2n) is 6.18. The molecule has 1 aliphatic rings. The predicted molar refractivity (Wildman–Crippen MR) is 105 cm³/mol. The fraction of sp³-hybridized carbons (Fsp3) is 0.500. The molecule has 1 aliphatic heterocycles. The van der Waals surface area contributed by atoms with Gasteiger partial charge >= 0.3 is 0 Å². The SMILES string of the molecule is O=C(CSc1nnc(-c2ccc(Cl)cc2)o1)NCCCCN1CCOCC1. The maximum Gasteiger partial charge on any atom is 0.277 e. The molecule has 0 atom stereocenters. The third-order valence-corrected chi connectivity index (χ3v) is 5.22. The number of unbranched alkanes of at least 4 members (excludes halogenated alkanes) is 1. The van der Waals surface area contributed by atoms with Gasteiger partial charge in [0.15, 0.2) is 0 Å². The smallest absolute Gasteiger partial charge is 0.277 e. The summed E-state index contributed by atoms with van der Waals surface area (Å²) < 4.78 is 10.9. The molecule has 3 rings (SSSR count). The maximum atomic E-state index is 11.9. The summed E-state index contributed by atoms with van der Waals surface area (Å²) in [4.78, 5) is 14.3. The van der Waals surface area contributed by atoms with Crippen LogP contribution in [0.25, 0.3) is 11.5 Å². The molecule has 0 saturated carbocycles. The molecule has 1 aromatic carbocycles.